The van der Waals surface area contributed by atoms with E-state index in [0.29, 0.717) is 13.0 Å². The van der Waals surface area contributed by atoms with Gasteiger partial charge in [-0.3, -0.25) is 4.79 Å². The minimum atomic E-state index is -1.30. The van der Waals surface area contributed by atoms with Crippen LogP contribution in [0.1, 0.15) is 39.0 Å². The van der Waals surface area contributed by atoms with E-state index in [-0.39, 0.29) is 18.6 Å². The average Bonchev–Trinajstić information content (AvgIpc) is 2.42. The van der Waals surface area contributed by atoms with Crippen LogP contribution in [0.4, 0.5) is 0 Å². The molecule has 6 nitrogen and oxygen atoms in total. The number of hydrogen-bond acceptors (Lipinski definition) is 6. The van der Waals surface area contributed by atoms with Crippen LogP contribution in [0.3, 0.4) is 0 Å². The van der Waals surface area contributed by atoms with Crippen molar-refractivity contribution in [3.05, 3.63) is 0 Å². The SMILES string of the molecule is COC(=O)C(OC1CCCCO1)C(=O)CCC(C)=O. The first-order valence-electron chi connectivity index (χ1n) is 6.41. The summed E-state index contributed by atoms with van der Waals surface area (Å²) >= 11 is 0. The fourth-order valence-electron chi connectivity index (χ4n) is 1.77. The first kappa shape index (κ1) is 15.8. The molecule has 108 valence electrons. The molecule has 6 heteroatoms. The van der Waals surface area contributed by atoms with Crippen molar-refractivity contribution in [3.8, 4) is 0 Å². The number of rotatable bonds is 7. The molecule has 19 heavy (non-hydrogen) atoms. The van der Waals surface area contributed by atoms with Crippen molar-refractivity contribution >= 4 is 17.5 Å². The van der Waals surface area contributed by atoms with Crippen molar-refractivity contribution < 1.29 is 28.6 Å². The Balaban J connectivity index is 2.57. The minimum Gasteiger partial charge on any atom is -0.467 e. The van der Waals surface area contributed by atoms with E-state index in [1.165, 1.54) is 14.0 Å². The highest BCUT2D eigenvalue weighted by Gasteiger charge is 2.32. The van der Waals surface area contributed by atoms with E-state index in [4.69, 9.17) is 9.47 Å². The van der Waals surface area contributed by atoms with Crippen LogP contribution in [-0.2, 0) is 28.6 Å². The zero-order valence-electron chi connectivity index (χ0n) is 11.3. The van der Waals surface area contributed by atoms with Gasteiger partial charge in [0, 0.05) is 19.4 Å². The molecular formula is C13H20O6. The molecule has 2 unspecified atom stereocenters. The molecule has 0 aromatic rings. The molecule has 1 heterocycles. The highest BCUT2D eigenvalue weighted by atomic mass is 16.7. The van der Waals surface area contributed by atoms with E-state index in [1.54, 1.807) is 0 Å². The highest BCUT2D eigenvalue weighted by molar-refractivity contribution is 6.02. The zero-order chi connectivity index (χ0) is 14.3. The molecule has 0 aromatic heterocycles. The molecule has 0 saturated carbocycles. The maximum absolute atomic E-state index is 11.9. The number of Topliss-reactive ketones (excluding diaryl/α,β-unsaturated/α-hetero) is 2. The first-order chi connectivity index (χ1) is 9.04. The van der Waals surface area contributed by atoms with Crippen LogP contribution >= 0.6 is 0 Å². The second-order valence-electron chi connectivity index (χ2n) is 4.50. The Bertz CT molecular complexity index is 332. The van der Waals surface area contributed by atoms with Gasteiger partial charge in [0.15, 0.2) is 12.1 Å². The van der Waals surface area contributed by atoms with Crippen molar-refractivity contribution in [1.82, 2.24) is 0 Å². The van der Waals surface area contributed by atoms with Gasteiger partial charge in [0.05, 0.1) is 7.11 Å². The Morgan fingerprint density at radius 2 is 2.00 bits per heavy atom. The van der Waals surface area contributed by atoms with Gasteiger partial charge < -0.3 is 19.0 Å². The Morgan fingerprint density at radius 1 is 1.26 bits per heavy atom. The third-order valence-corrected chi connectivity index (χ3v) is 2.86. The van der Waals surface area contributed by atoms with Crippen molar-refractivity contribution in [3.63, 3.8) is 0 Å². The van der Waals surface area contributed by atoms with Gasteiger partial charge in [-0.25, -0.2) is 4.79 Å². The average molecular weight is 272 g/mol. The summed E-state index contributed by atoms with van der Waals surface area (Å²) in [5, 5.41) is 0. The molecule has 0 N–H and O–H groups in total. The van der Waals surface area contributed by atoms with Crippen LogP contribution in [0, 0.1) is 0 Å². The Kier molecular flexibility index (Phi) is 6.66. The van der Waals surface area contributed by atoms with Gasteiger partial charge in [0.25, 0.3) is 0 Å². The van der Waals surface area contributed by atoms with E-state index in [1.807, 2.05) is 0 Å². The predicted molar refractivity (Wildman–Crippen MR) is 65.4 cm³/mol. The number of carbonyl (C=O) groups excluding carboxylic acids is 3. The monoisotopic (exact) mass is 272 g/mol. The lowest BCUT2D eigenvalue weighted by molar-refractivity contribution is -0.202. The fourth-order valence-corrected chi connectivity index (χ4v) is 1.77. The molecule has 0 bridgehead atoms. The van der Waals surface area contributed by atoms with Gasteiger partial charge in [-0.05, 0) is 26.2 Å². The molecule has 1 saturated heterocycles. The molecule has 0 aromatic carbocycles. The smallest absolute Gasteiger partial charge is 0.342 e. The molecule has 1 fully saturated rings. The quantitative estimate of drug-likeness (QED) is 0.508. The molecule has 2 atom stereocenters. The molecule has 1 aliphatic rings. The van der Waals surface area contributed by atoms with Gasteiger partial charge in [0.1, 0.15) is 5.78 Å². The molecule has 0 amide bonds. The summed E-state index contributed by atoms with van der Waals surface area (Å²) in [6, 6.07) is 0. The standard InChI is InChI=1S/C13H20O6/c1-9(14)6-7-10(15)12(13(16)17-2)19-11-5-3-4-8-18-11/h11-12H,3-8H2,1-2H3. The van der Waals surface area contributed by atoms with Crippen molar-refractivity contribution in [2.75, 3.05) is 13.7 Å². The summed E-state index contributed by atoms with van der Waals surface area (Å²) in [6.45, 7) is 1.95. The van der Waals surface area contributed by atoms with Crippen molar-refractivity contribution in [2.24, 2.45) is 0 Å². The summed E-state index contributed by atoms with van der Waals surface area (Å²) in [7, 11) is 1.19. The normalized spacial score (nSPS) is 20.6. The lowest BCUT2D eigenvalue weighted by Crippen LogP contribution is -2.39. The molecule has 0 spiro atoms. The van der Waals surface area contributed by atoms with E-state index in [0.717, 1.165) is 12.8 Å². The van der Waals surface area contributed by atoms with Gasteiger partial charge in [-0.1, -0.05) is 0 Å². The minimum absolute atomic E-state index is 0.0260. The topological polar surface area (TPSA) is 78.9 Å². The molecular weight excluding hydrogens is 252 g/mol. The fraction of sp³-hybridized carbons (Fsp3) is 0.769. The van der Waals surface area contributed by atoms with Crippen molar-refractivity contribution in [1.29, 1.82) is 0 Å². The summed E-state index contributed by atoms with van der Waals surface area (Å²) in [4.78, 5) is 34.3. The van der Waals surface area contributed by atoms with E-state index in [9.17, 15) is 14.4 Å². The molecule has 0 aliphatic carbocycles. The maximum atomic E-state index is 11.9. The van der Waals surface area contributed by atoms with Crippen LogP contribution in [-0.4, -0.2) is 43.6 Å². The van der Waals surface area contributed by atoms with Crippen molar-refractivity contribution in [2.45, 2.75) is 51.4 Å². The Hall–Kier alpha value is -1.27. The largest absolute Gasteiger partial charge is 0.467 e. The number of carbonyl (C=O) groups is 3. The third-order valence-electron chi connectivity index (χ3n) is 2.86. The highest BCUT2D eigenvalue weighted by Crippen LogP contribution is 2.17. The molecule has 1 aliphatic heterocycles. The first-order valence-corrected chi connectivity index (χ1v) is 6.41. The predicted octanol–water partition coefficient (Wildman–Crippen LogP) is 1.01. The van der Waals surface area contributed by atoms with Crippen LogP contribution in [0.5, 0.6) is 0 Å². The van der Waals surface area contributed by atoms with Crippen LogP contribution in [0.25, 0.3) is 0 Å². The van der Waals surface area contributed by atoms with E-state index < -0.39 is 24.1 Å². The third kappa shape index (κ3) is 5.48. The summed E-state index contributed by atoms with van der Waals surface area (Å²) in [6.07, 6.45) is 0.740. The number of methoxy groups -OCH3 is 1. The maximum Gasteiger partial charge on any atom is 0.342 e. The lowest BCUT2D eigenvalue weighted by Gasteiger charge is -2.25. The Labute approximate surface area is 112 Å². The number of esters is 1. The number of ketones is 2. The van der Waals surface area contributed by atoms with Gasteiger partial charge >= 0.3 is 5.97 Å². The van der Waals surface area contributed by atoms with Crippen LogP contribution in [0.15, 0.2) is 0 Å². The Morgan fingerprint density at radius 3 is 2.53 bits per heavy atom. The summed E-state index contributed by atoms with van der Waals surface area (Å²) < 4.78 is 15.3. The van der Waals surface area contributed by atoms with Gasteiger partial charge in [-0.15, -0.1) is 0 Å². The number of ether oxygens (including phenoxy) is 3. The zero-order valence-corrected chi connectivity index (χ0v) is 11.3. The molecule has 0 radical (unpaired) electrons. The van der Waals surface area contributed by atoms with Crippen LogP contribution < -0.4 is 0 Å². The summed E-state index contributed by atoms with van der Waals surface area (Å²) in [5.41, 5.74) is 0. The van der Waals surface area contributed by atoms with Gasteiger partial charge in [0.2, 0.25) is 6.10 Å². The van der Waals surface area contributed by atoms with E-state index in [2.05, 4.69) is 4.74 Å². The molecule has 1 rings (SSSR count). The van der Waals surface area contributed by atoms with Crippen LogP contribution in [0.2, 0.25) is 0 Å². The van der Waals surface area contributed by atoms with E-state index >= 15 is 0 Å². The van der Waals surface area contributed by atoms with Gasteiger partial charge in [-0.2, -0.15) is 0 Å². The second-order valence-corrected chi connectivity index (χ2v) is 4.50. The summed E-state index contributed by atoms with van der Waals surface area (Å²) in [5.74, 6) is -1.30. The lowest BCUT2D eigenvalue weighted by atomic mass is 10.1. The second kappa shape index (κ2) is 8.01. The number of hydrogen-bond donors (Lipinski definition) is 0.